The fourth-order valence-electron chi connectivity index (χ4n) is 2.90. The van der Waals surface area contributed by atoms with Crippen molar-refractivity contribution in [2.24, 2.45) is 11.8 Å². The Labute approximate surface area is 101 Å². The first-order chi connectivity index (χ1) is 8.24. The van der Waals surface area contributed by atoms with Crippen molar-refractivity contribution in [3.05, 3.63) is 18.3 Å². The van der Waals surface area contributed by atoms with Crippen LogP contribution >= 0.6 is 0 Å². The molecule has 4 heteroatoms. The fraction of sp³-hybridized carbons (Fsp3) is 0.538. The maximum absolute atomic E-state index is 5.98. The summed E-state index contributed by atoms with van der Waals surface area (Å²) in [7, 11) is 0. The molecule has 90 valence electrons. The summed E-state index contributed by atoms with van der Waals surface area (Å²) in [6, 6.07) is 3.86. The highest BCUT2D eigenvalue weighted by Gasteiger charge is 2.23. The highest BCUT2D eigenvalue weighted by Crippen LogP contribution is 2.32. The monoisotopic (exact) mass is 230 g/mol. The highest BCUT2D eigenvalue weighted by molar-refractivity contribution is 5.73. The van der Waals surface area contributed by atoms with Gasteiger partial charge in [0, 0.05) is 12.7 Å². The lowest BCUT2D eigenvalue weighted by molar-refractivity contribution is 0.449. The summed E-state index contributed by atoms with van der Waals surface area (Å²) in [5, 5.41) is 0. The number of hydrogen-bond donors (Lipinski definition) is 1. The van der Waals surface area contributed by atoms with Crippen LogP contribution in [0.25, 0.3) is 11.2 Å². The molecular formula is C13H18N4. The molecule has 2 heterocycles. The third-order valence-corrected chi connectivity index (χ3v) is 3.78. The summed E-state index contributed by atoms with van der Waals surface area (Å²) >= 11 is 0. The van der Waals surface area contributed by atoms with Crippen molar-refractivity contribution in [2.45, 2.75) is 32.7 Å². The molecule has 1 aliphatic rings. The maximum atomic E-state index is 5.98. The van der Waals surface area contributed by atoms with Gasteiger partial charge in [0.25, 0.3) is 0 Å². The van der Waals surface area contributed by atoms with Crippen molar-refractivity contribution >= 4 is 17.1 Å². The van der Waals surface area contributed by atoms with Gasteiger partial charge in [-0.2, -0.15) is 0 Å². The van der Waals surface area contributed by atoms with E-state index in [1.54, 1.807) is 6.20 Å². The van der Waals surface area contributed by atoms with Crippen molar-refractivity contribution in [3.63, 3.8) is 0 Å². The van der Waals surface area contributed by atoms with Gasteiger partial charge in [-0.3, -0.25) is 4.57 Å². The second-order valence-corrected chi connectivity index (χ2v) is 5.21. The Hall–Kier alpha value is -1.58. The van der Waals surface area contributed by atoms with Crippen LogP contribution in [0.15, 0.2) is 18.3 Å². The summed E-state index contributed by atoms with van der Waals surface area (Å²) in [5.74, 6) is 2.17. The topological polar surface area (TPSA) is 56.7 Å². The van der Waals surface area contributed by atoms with E-state index >= 15 is 0 Å². The summed E-state index contributed by atoms with van der Waals surface area (Å²) in [4.78, 5) is 8.74. The molecular weight excluding hydrogens is 212 g/mol. The molecule has 0 saturated heterocycles. The summed E-state index contributed by atoms with van der Waals surface area (Å²) < 4.78 is 2.07. The first kappa shape index (κ1) is 10.6. The molecule has 1 saturated carbocycles. The summed E-state index contributed by atoms with van der Waals surface area (Å²) in [6.07, 6.45) is 5.74. The van der Waals surface area contributed by atoms with E-state index in [-0.39, 0.29) is 0 Å². The molecule has 2 aromatic rings. The average molecular weight is 230 g/mol. The smallest absolute Gasteiger partial charge is 0.202 e. The molecule has 4 nitrogen and oxygen atoms in total. The average Bonchev–Trinajstić information content (AvgIpc) is 2.85. The number of pyridine rings is 1. The minimum absolute atomic E-state index is 0.596. The molecule has 0 amide bonds. The number of nitrogens with zero attached hydrogens (tertiary/aromatic N) is 3. The van der Waals surface area contributed by atoms with E-state index in [0.717, 1.165) is 29.5 Å². The molecule has 0 aromatic carbocycles. The zero-order valence-corrected chi connectivity index (χ0v) is 10.1. The minimum Gasteiger partial charge on any atom is -0.369 e. The van der Waals surface area contributed by atoms with Gasteiger partial charge in [0.1, 0.15) is 5.52 Å². The van der Waals surface area contributed by atoms with Gasteiger partial charge >= 0.3 is 0 Å². The van der Waals surface area contributed by atoms with Gasteiger partial charge in [-0.25, -0.2) is 9.97 Å². The normalized spacial score (nSPS) is 24.5. The molecule has 1 aliphatic carbocycles. The van der Waals surface area contributed by atoms with E-state index in [1.165, 1.54) is 19.3 Å². The molecule has 2 aromatic heterocycles. The fourth-order valence-corrected chi connectivity index (χ4v) is 2.90. The van der Waals surface area contributed by atoms with Gasteiger partial charge in [0.2, 0.25) is 5.95 Å². The summed E-state index contributed by atoms with van der Waals surface area (Å²) in [6.45, 7) is 3.29. The van der Waals surface area contributed by atoms with Gasteiger partial charge in [-0.05, 0) is 36.8 Å². The summed E-state index contributed by atoms with van der Waals surface area (Å²) in [5.41, 5.74) is 7.80. The van der Waals surface area contributed by atoms with E-state index in [4.69, 9.17) is 5.73 Å². The Morgan fingerprint density at radius 3 is 3.12 bits per heavy atom. The number of rotatable bonds is 2. The van der Waals surface area contributed by atoms with Gasteiger partial charge in [-0.15, -0.1) is 0 Å². The number of nitrogen functional groups attached to an aromatic ring is 1. The Kier molecular flexibility index (Phi) is 2.50. The predicted octanol–water partition coefficient (Wildman–Crippen LogP) is 2.45. The van der Waals surface area contributed by atoms with Gasteiger partial charge < -0.3 is 5.73 Å². The standard InChI is InChI=1S/C13H18N4/c1-9-4-5-10(7-9)8-17-12-11(16-13(17)14)3-2-6-15-12/h2-3,6,9-10H,4-5,7-8H2,1H3,(H2,14,16). The lowest BCUT2D eigenvalue weighted by Crippen LogP contribution is -2.11. The van der Waals surface area contributed by atoms with Crippen LogP contribution in [0.1, 0.15) is 26.2 Å². The van der Waals surface area contributed by atoms with Crippen LogP contribution in [0.4, 0.5) is 5.95 Å². The Morgan fingerprint density at radius 2 is 2.35 bits per heavy atom. The number of fused-ring (bicyclic) bond motifs is 1. The van der Waals surface area contributed by atoms with E-state index in [2.05, 4.69) is 21.5 Å². The van der Waals surface area contributed by atoms with Crippen LogP contribution in [-0.2, 0) is 6.54 Å². The molecule has 0 spiro atoms. The molecule has 0 bridgehead atoms. The van der Waals surface area contributed by atoms with E-state index in [0.29, 0.717) is 5.95 Å². The molecule has 3 rings (SSSR count). The van der Waals surface area contributed by atoms with Crippen LogP contribution in [0.5, 0.6) is 0 Å². The molecule has 0 radical (unpaired) electrons. The molecule has 1 fully saturated rings. The molecule has 2 atom stereocenters. The highest BCUT2D eigenvalue weighted by atomic mass is 15.2. The third-order valence-electron chi connectivity index (χ3n) is 3.78. The van der Waals surface area contributed by atoms with E-state index in [9.17, 15) is 0 Å². The Morgan fingerprint density at radius 1 is 1.47 bits per heavy atom. The van der Waals surface area contributed by atoms with Crippen molar-refractivity contribution < 1.29 is 0 Å². The predicted molar refractivity (Wildman–Crippen MR) is 68.4 cm³/mol. The number of hydrogen-bond acceptors (Lipinski definition) is 3. The third kappa shape index (κ3) is 1.88. The largest absolute Gasteiger partial charge is 0.369 e. The van der Waals surface area contributed by atoms with Crippen LogP contribution in [-0.4, -0.2) is 14.5 Å². The quantitative estimate of drug-likeness (QED) is 0.862. The van der Waals surface area contributed by atoms with Crippen molar-refractivity contribution in [1.82, 2.24) is 14.5 Å². The van der Waals surface area contributed by atoms with Crippen LogP contribution in [0, 0.1) is 11.8 Å². The second kappa shape index (κ2) is 4.02. The maximum Gasteiger partial charge on any atom is 0.202 e. The van der Waals surface area contributed by atoms with E-state index in [1.807, 2.05) is 12.1 Å². The van der Waals surface area contributed by atoms with Crippen LogP contribution < -0.4 is 5.73 Å². The van der Waals surface area contributed by atoms with Crippen LogP contribution in [0.2, 0.25) is 0 Å². The molecule has 2 unspecified atom stereocenters. The first-order valence-electron chi connectivity index (χ1n) is 6.31. The van der Waals surface area contributed by atoms with Crippen molar-refractivity contribution in [2.75, 3.05) is 5.73 Å². The van der Waals surface area contributed by atoms with Gasteiger partial charge in [0.15, 0.2) is 5.65 Å². The lowest BCUT2D eigenvalue weighted by Gasteiger charge is -2.12. The van der Waals surface area contributed by atoms with Gasteiger partial charge in [-0.1, -0.05) is 13.3 Å². The zero-order chi connectivity index (χ0) is 11.8. The van der Waals surface area contributed by atoms with Crippen LogP contribution in [0.3, 0.4) is 0 Å². The number of aromatic nitrogens is 3. The SMILES string of the molecule is CC1CCC(Cn2c(N)nc3cccnc32)C1. The number of imidazole rings is 1. The minimum atomic E-state index is 0.596. The van der Waals surface area contributed by atoms with E-state index < -0.39 is 0 Å². The second-order valence-electron chi connectivity index (χ2n) is 5.21. The molecule has 0 aliphatic heterocycles. The molecule has 2 N–H and O–H groups in total. The number of nitrogens with two attached hydrogens (primary N) is 1. The molecule has 17 heavy (non-hydrogen) atoms. The van der Waals surface area contributed by atoms with Crippen molar-refractivity contribution in [3.8, 4) is 0 Å². The van der Waals surface area contributed by atoms with Gasteiger partial charge in [0.05, 0.1) is 0 Å². The number of anilines is 1. The Balaban J connectivity index is 1.91. The zero-order valence-electron chi connectivity index (χ0n) is 10.1. The first-order valence-corrected chi connectivity index (χ1v) is 6.31. The van der Waals surface area contributed by atoms with Crippen molar-refractivity contribution in [1.29, 1.82) is 0 Å². The Bertz CT molecular complexity index is 531. The lowest BCUT2D eigenvalue weighted by atomic mass is 10.1.